The quantitative estimate of drug-likeness (QED) is 0.220. The predicted octanol–water partition coefficient (Wildman–Crippen LogP) is 10.8. The third-order valence-electron chi connectivity index (χ3n) is 11.2. The smallest absolute Gasteiger partial charge is 0.119 e. The summed E-state index contributed by atoms with van der Waals surface area (Å²) in [4.78, 5) is 0. The van der Waals surface area contributed by atoms with Gasteiger partial charge in [0, 0.05) is 17.5 Å². The summed E-state index contributed by atoms with van der Waals surface area (Å²) in [5.41, 5.74) is 7.47. The highest BCUT2D eigenvalue weighted by Gasteiger charge is 2.31. The number of benzene rings is 4. The average molecular weight is 573 g/mol. The van der Waals surface area contributed by atoms with Gasteiger partial charge in [-0.2, -0.15) is 0 Å². The minimum atomic E-state index is 0.367. The monoisotopic (exact) mass is 572 g/mol. The van der Waals surface area contributed by atoms with Crippen molar-refractivity contribution in [2.45, 2.75) is 95.3 Å². The van der Waals surface area contributed by atoms with Crippen molar-refractivity contribution in [3.63, 3.8) is 0 Å². The van der Waals surface area contributed by atoms with Crippen molar-refractivity contribution in [3.05, 3.63) is 130 Å². The van der Waals surface area contributed by atoms with Gasteiger partial charge >= 0.3 is 0 Å². The number of phenols is 2. The number of aromatic hydroxyl groups is 2. The maximum Gasteiger partial charge on any atom is 0.119 e. The van der Waals surface area contributed by atoms with Crippen LogP contribution in [0.2, 0.25) is 0 Å². The maximum absolute atomic E-state index is 11.2. The highest BCUT2D eigenvalue weighted by atomic mass is 16.3. The number of phenolic OH excluding ortho intramolecular Hbond substituents is 2. The Morgan fingerprint density at radius 2 is 0.860 bits per heavy atom. The Hall–Kier alpha value is -3.52. The van der Waals surface area contributed by atoms with Crippen molar-refractivity contribution in [3.8, 4) is 11.5 Å². The Balaban J connectivity index is 1.17. The van der Waals surface area contributed by atoms with Gasteiger partial charge in [0.1, 0.15) is 11.5 Å². The highest BCUT2D eigenvalue weighted by molar-refractivity contribution is 5.50. The molecule has 0 spiro atoms. The minimum Gasteiger partial charge on any atom is -0.508 e. The number of rotatable bonds is 8. The van der Waals surface area contributed by atoms with Crippen LogP contribution in [0.4, 0.5) is 0 Å². The molecule has 224 valence electrons. The largest absolute Gasteiger partial charge is 0.508 e. The van der Waals surface area contributed by atoms with Gasteiger partial charge in [0.05, 0.1) is 0 Å². The second kappa shape index (κ2) is 13.4. The summed E-state index contributed by atoms with van der Waals surface area (Å²) in [5, 5.41) is 22.4. The molecule has 2 atom stereocenters. The third kappa shape index (κ3) is 6.54. The van der Waals surface area contributed by atoms with E-state index in [9.17, 15) is 10.2 Å². The van der Waals surface area contributed by atoms with Gasteiger partial charge in [-0.05, 0) is 121 Å². The number of hydrogen-bond donors (Lipinski definition) is 2. The molecule has 4 aromatic carbocycles. The van der Waals surface area contributed by atoms with Crippen LogP contribution in [0.25, 0.3) is 0 Å². The number of hydrogen-bond acceptors (Lipinski definition) is 2. The van der Waals surface area contributed by atoms with Crippen molar-refractivity contribution in [1.29, 1.82) is 0 Å². The molecule has 2 aliphatic carbocycles. The Kier molecular flexibility index (Phi) is 9.22. The van der Waals surface area contributed by atoms with E-state index in [-0.39, 0.29) is 0 Å². The SMILES string of the molecule is CC(c1ccccc1)C1CCC(c2cccc(O)c2Cc2c(O)cccc2C2CCC(C(C)c3ccccc3)CC2)CC1. The van der Waals surface area contributed by atoms with Crippen LogP contribution in [0, 0.1) is 11.8 Å². The van der Waals surface area contributed by atoms with Gasteiger partial charge in [0.25, 0.3) is 0 Å². The molecule has 2 saturated carbocycles. The van der Waals surface area contributed by atoms with Crippen LogP contribution in [0.1, 0.15) is 122 Å². The van der Waals surface area contributed by atoms with E-state index in [0.29, 0.717) is 53.4 Å². The molecular formula is C41H48O2. The van der Waals surface area contributed by atoms with E-state index in [1.807, 2.05) is 24.3 Å². The third-order valence-corrected chi connectivity index (χ3v) is 11.2. The van der Waals surface area contributed by atoms with Gasteiger partial charge in [-0.1, -0.05) is 98.8 Å². The van der Waals surface area contributed by atoms with E-state index in [1.165, 1.54) is 47.9 Å². The first-order chi connectivity index (χ1) is 21.0. The lowest BCUT2D eigenvalue weighted by molar-refractivity contribution is 0.289. The summed E-state index contributed by atoms with van der Waals surface area (Å²) in [6.45, 7) is 4.77. The van der Waals surface area contributed by atoms with Gasteiger partial charge in [0.2, 0.25) is 0 Å². The Morgan fingerprint density at radius 1 is 0.488 bits per heavy atom. The molecule has 4 aromatic rings. The zero-order valence-electron chi connectivity index (χ0n) is 26.0. The Labute approximate surface area is 258 Å². The normalized spacial score (nSPS) is 23.9. The summed E-state index contributed by atoms with van der Waals surface area (Å²) in [7, 11) is 0. The fourth-order valence-electron chi connectivity index (χ4n) is 8.43. The molecule has 0 amide bonds. The first-order valence-electron chi connectivity index (χ1n) is 16.7. The highest BCUT2D eigenvalue weighted by Crippen LogP contribution is 2.47. The lowest BCUT2D eigenvalue weighted by atomic mass is 9.70. The van der Waals surface area contributed by atoms with Crippen molar-refractivity contribution in [1.82, 2.24) is 0 Å². The first-order valence-corrected chi connectivity index (χ1v) is 16.7. The molecule has 2 fully saturated rings. The Bertz CT molecular complexity index is 1350. The molecular weight excluding hydrogens is 524 g/mol. The van der Waals surface area contributed by atoms with Crippen molar-refractivity contribution < 1.29 is 10.2 Å². The summed E-state index contributed by atoms with van der Waals surface area (Å²) >= 11 is 0. The van der Waals surface area contributed by atoms with Gasteiger partial charge in [0.15, 0.2) is 0 Å². The van der Waals surface area contributed by atoms with Crippen LogP contribution in [-0.2, 0) is 6.42 Å². The molecule has 0 heterocycles. The molecule has 2 aliphatic rings. The van der Waals surface area contributed by atoms with Crippen molar-refractivity contribution in [2.75, 3.05) is 0 Å². The molecule has 43 heavy (non-hydrogen) atoms. The fourth-order valence-corrected chi connectivity index (χ4v) is 8.43. The molecule has 2 nitrogen and oxygen atoms in total. The van der Waals surface area contributed by atoms with Gasteiger partial charge in [-0.15, -0.1) is 0 Å². The van der Waals surface area contributed by atoms with Gasteiger partial charge < -0.3 is 10.2 Å². The van der Waals surface area contributed by atoms with Crippen LogP contribution in [-0.4, -0.2) is 10.2 Å². The lowest BCUT2D eigenvalue weighted by Crippen LogP contribution is -2.20. The molecule has 0 bridgehead atoms. The van der Waals surface area contributed by atoms with E-state index >= 15 is 0 Å². The fraction of sp³-hybridized carbons (Fsp3) is 0.415. The van der Waals surface area contributed by atoms with Crippen LogP contribution >= 0.6 is 0 Å². The minimum absolute atomic E-state index is 0.367. The standard InChI is InChI=1S/C41H48O2/c1-28(30-11-5-3-6-12-30)32-19-23-34(24-20-32)36-15-9-17-40(42)38(36)27-39-37(16-10-18-41(39)43)35-25-21-33(22-26-35)29(2)31-13-7-4-8-14-31/h3-18,28-29,32-35,42-43H,19-27H2,1-2H3. The van der Waals surface area contributed by atoms with E-state index in [4.69, 9.17) is 0 Å². The van der Waals surface area contributed by atoms with E-state index < -0.39 is 0 Å². The van der Waals surface area contributed by atoms with Crippen LogP contribution in [0.5, 0.6) is 11.5 Å². The molecule has 0 aliphatic heterocycles. The first kappa shape index (κ1) is 29.5. The van der Waals surface area contributed by atoms with Crippen LogP contribution in [0.15, 0.2) is 97.1 Å². The topological polar surface area (TPSA) is 40.5 Å². The summed E-state index contributed by atoms with van der Waals surface area (Å²) < 4.78 is 0. The average Bonchev–Trinajstić information content (AvgIpc) is 3.06. The van der Waals surface area contributed by atoms with Crippen LogP contribution in [0.3, 0.4) is 0 Å². The summed E-state index contributed by atoms with van der Waals surface area (Å²) in [6.07, 6.45) is 10.0. The Morgan fingerprint density at radius 3 is 1.23 bits per heavy atom. The van der Waals surface area contributed by atoms with Gasteiger partial charge in [-0.25, -0.2) is 0 Å². The lowest BCUT2D eigenvalue weighted by Gasteiger charge is -2.34. The zero-order chi connectivity index (χ0) is 29.8. The molecule has 6 rings (SSSR count). The van der Waals surface area contributed by atoms with Crippen molar-refractivity contribution in [2.24, 2.45) is 11.8 Å². The summed E-state index contributed by atoms with van der Waals surface area (Å²) in [6, 6.07) is 34.0. The predicted molar refractivity (Wildman–Crippen MR) is 178 cm³/mol. The molecule has 2 unspecified atom stereocenters. The molecule has 2 N–H and O–H groups in total. The van der Waals surface area contributed by atoms with Crippen molar-refractivity contribution >= 4 is 0 Å². The van der Waals surface area contributed by atoms with E-state index in [0.717, 1.165) is 36.8 Å². The van der Waals surface area contributed by atoms with Gasteiger partial charge in [-0.3, -0.25) is 0 Å². The molecule has 0 saturated heterocycles. The second-order valence-electron chi connectivity index (χ2n) is 13.5. The molecule has 0 radical (unpaired) electrons. The molecule has 2 heteroatoms. The molecule has 0 aromatic heterocycles. The van der Waals surface area contributed by atoms with Crippen LogP contribution < -0.4 is 0 Å². The zero-order valence-corrected chi connectivity index (χ0v) is 26.0. The maximum atomic E-state index is 11.2. The summed E-state index contributed by atoms with van der Waals surface area (Å²) in [5.74, 6) is 4.17. The van der Waals surface area contributed by atoms with E-state index in [2.05, 4.69) is 86.6 Å². The second-order valence-corrected chi connectivity index (χ2v) is 13.5. The van der Waals surface area contributed by atoms with E-state index in [1.54, 1.807) is 0 Å².